The smallest absolute Gasteiger partial charge is 0.305 e. The summed E-state index contributed by atoms with van der Waals surface area (Å²) in [4.78, 5) is 11.0. The van der Waals surface area contributed by atoms with Crippen LogP contribution in [0.1, 0.15) is 12.8 Å². The van der Waals surface area contributed by atoms with Crippen molar-refractivity contribution in [3.63, 3.8) is 0 Å². The second-order valence-electron chi connectivity index (χ2n) is 3.79. The molecule has 1 N–H and O–H groups in total. The fourth-order valence-corrected chi connectivity index (χ4v) is 1.80. The summed E-state index contributed by atoms with van der Waals surface area (Å²) in [5.74, 6) is 0.972. The van der Waals surface area contributed by atoms with E-state index in [1.54, 1.807) is 26.4 Å². The Morgan fingerprint density at radius 1 is 1.21 bits per heavy atom. The SMILES string of the molecule is COC(=O)CCCNc1cc(Cl)c(OC)cc1OC. The van der Waals surface area contributed by atoms with Crippen LogP contribution in [0.4, 0.5) is 5.69 Å². The van der Waals surface area contributed by atoms with Crippen molar-refractivity contribution in [2.24, 2.45) is 0 Å². The van der Waals surface area contributed by atoms with Crippen LogP contribution in [0.25, 0.3) is 0 Å². The van der Waals surface area contributed by atoms with Crippen molar-refractivity contribution in [1.29, 1.82) is 0 Å². The molecule has 1 aromatic rings. The standard InChI is InChI=1S/C13H18ClNO4/c1-17-11-8-12(18-2)10(7-9(11)14)15-6-4-5-13(16)19-3/h7-8,15H,4-6H2,1-3H3. The summed E-state index contributed by atoms with van der Waals surface area (Å²) in [7, 11) is 4.49. The highest BCUT2D eigenvalue weighted by molar-refractivity contribution is 6.32. The Balaban J connectivity index is 2.62. The summed E-state index contributed by atoms with van der Waals surface area (Å²) in [5, 5.41) is 3.66. The zero-order valence-electron chi connectivity index (χ0n) is 11.3. The second kappa shape index (κ2) is 7.74. The molecular weight excluding hydrogens is 270 g/mol. The number of benzene rings is 1. The highest BCUT2D eigenvalue weighted by Crippen LogP contribution is 2.35. The van der Waals surface area contributed by atoms with Crippen LogP contribution in [0.5, 0.6) is 11.5 Å². The minimum atomic E-state index is -0.221. The zero-order chi connectivity index (χ0) is 14.3. The molecule has 0 aromatic heterocycles. The van der Waals surface area contributed by atoms with E-state index in [1.807, 2.05) is 0 Å². The van der Waals surface area contributed by atoms with Gasteiger partial charge in [-0.15, -0.1) is 0 Å². The first-order valence-electron chi connectivity index (χ1n) is 5.84. The monoisotopic (exact) mass is 287 g/mol. The van der Waals surface area contributed by atoms with Gasteiger partial charge in [0.25, 0.3) is 0 Å². The van der Waals surface area contributed by atoms with Gasteiger partial charge in [0, 0.05) is 19.0 Å². The van der Waals surface area contributed by atoms with E-state index in [4.69, 9.17) is 21.1 Å². The number of anilines is 1. The van der Waals surface area contributed by atoms with Gasteiger partial charge in [-0.2, -0.15) is 0 Å². The van der Waals surface area contributed by atoms with Gasteiger partial charge in [-0.3, -0.25) is 4.79 Å². The summed E-state index contributed by atoms with van der Waals surface area (Å²) in [6.45, 7) is 0.619. The van der Waals surface area contributed by atoms with E-state index in [1.165, 1.54) is 7.11 Å². The molecule has 0 fully saturated rings. The summed E-state index contributed by atoms with van der Waals surface area (Å²) >= 11 is 6.05. The van der Waals surface area contributed by atoms with Crippen LogP contribution in [-0.4, -0.2) is 33.8 Å². The van der Waals surface area contributed by atoms with Gasteiger partial charge in [-0.05, 0) is 12.5 Å². The van der Waals surface area contributed by atoms with Gasteiger partial charge >= 0.3 is 5.97 Å². The molecule has 1 rings (SSSR count). The molecule has 0 radical (unpaired) electrons. The fraction of sp³-hybridized carbons (Fsp3) is 0.462. The van der Waals surface area contributed by atoms with Crippen LogP contribution >= 0.6 is 11.6 Å². The van der Waals surface area contributed by atoms with Gasteiger partial charge in [0.1, 0.15) is 11.5 Å². The fourth-order valence-electron chi connectivity index (χ4n) is 1.56. The Kier molecular flexibility index (Phi) is 6.29. The van der Waals surface area contributed by atoms with Gasteiger partial charge in [-0.25, -0.2) is 0 Å². The Morgan fingerprint density at radius 2 is 1.89 bits per heavy atom. The Morgan fingerprint density at radius 3 is 2.47 bits per heavy atom. The molecule has 0 spiro atoms. The molecule has 6 heteroatoms. The van der Waals surface area contributed by atoms with E-state index >= 15 is 0 Å². The van der Waals surface area contributed by atoms with Crippen molar-refractivity contribution in [3.05, 3.63) is 17.2 Å². The highest BCUT2D eigenvalue weighted by atomic mass is 35.5. The van der Waals surface area contributed by atoms with Gasteiger partial charge in [-0.1, -0.05) is 11.6 Å². The molecule has 0 amide bonds. The molecule has 1 aromatic carbocycles. The third-order valence-corrected chi connectivity index (χ3v) is 2.87. The van der Waals surface area contributed by atoms with E-state index in [0.717, 1.165) is 5.69 Å². The summed E-state index contributed by atoms with van der Waals surface area (Å²) in [6.07, 6.45) is 1.04. The van der Waals surface area contributed by atoms with Crippen LogP contribution in [0.3, 0.4) is 0 Å². The highest BCUT2D eigenvalue weighted by Gasteiger charge is 2.09. The van der Waals surface area contributed by atoms with Crippen molar-refractivity contribution in [2.45, 2.75) is 12.8 Å². The van der Waals surface area contributed by atoms with Crippen molar-refractivity contribution in [1.82, 2.24) is 0 Å². The number of ether oxygens (including phenoxy) is 3. The van der Waals surface area contributed by atoms with Crippen LogP contribution in [-0.2, 0) is 9.53 Å². The molecule has 106 valence electrons. The lowest BCUT2D eigenvalue weighted by molar-refractivity contribution is -0.140. The quantitative estimate of drug-likeness (QED) is 0.617. The van der Waals surface area contributed by atoms with Crippen LogP contribution in [0.2, 0.25) is 5.02 Å². The lowest BCUT2D eigenvalue weighted by atomic mass is 10.2. The number of carbonyl (C=O) groups excluding carboxylic acids is 1. The molecule has 19 heavy (non-hydrogen) atoms. The number of hydrogen-bond donors (Lipinski definition) is 1. The molecule has 0 unspecified atom stereocenters. The largest absolute Gasteiger partial charge is 0.495 e. The van der Waals surface area contributed by atoms with Crippen LogP contribution in [0.15, 0.2) is 12.1 Å². The number of hydrogen-bond acceptors (Lipinski definition) is 5. The Hall–Kier alpha value is -1.62. The van der Waals surface area contributed by atoms with E-state index < -0.39 is 0 Å². The number of esters is 1. The number of carbonyl (C=O) groups is 1. The first-order valence-corrected chi connectivity index (χ1v) is 6.22. The predicted molar refractivity (Wildman–Crippen MR) is 74.3 cm³/mol. The average Bonchev–Trinajstić information content (AvgIpc) is 2.43. The molecule has 0 aliphatic rings. The van der Waals surface area contributed by atoms with Crippen LogP contribution in [0, 0.1) is 0 Å². The zero-order valence-corrected chi connectivity index (χ0v) is 12.0. The first-order chi connectivity index (χ1) is 9.12. The Bertz CT molecular complexity index is 437. The summed E-state index contributed by atoms with van der Waals surface area (Å²) in [5.41, 5.74) is 0.762. The third-order valence-electron chi connectivity index (χ3n) is 2.57. The topological polar surface area (TPSA) is 56.8 Å². The van der Waals surface area contributed by atoms with Gasteiger partial charge in [0.2, 0.25) is 0 Å². The van der Waals surface area contributed by atoms with E-state index in [2.05, 4.69) is 10.1 Å². The van der Waals surface area contributed by atoms with Crippen molar-refractivity contribution >= 4 is 23.3 Å². The maximum Gasteiger partial charge on any atom is 0.305 e. The summed E-state index contributed by atoms with van der Waals surface area (Å²) in [6, 6.07) is 3.45. The molecule has 5 nitrogen and oxygen atoms in total. The minimum absolute atomic E-state index is 0.221. The molecule has 0 aliphatic carbocycles. The van der Waals surface area contributed by atoms with Gasteiger partial charge in [0.15, 0.2) is 0 Å². The van der Waals surface area contributed by atoms with E-state index in [9.17, 15) is 4.79 Å². The van der Waals surface area contributed by atoms with E-state index in [-0.39, 0.29) is 5.97 Å². The molecule has 0 atom stereocenters. The van der Waals surface area contributed by atoms with Crippen molar-refractivity contribution < 1.29 is 19.0 Å². The molecule has 0 saturated carbocycles. The average molecular weight is 288 g/mol. The molecule has 0 saturated heterocycles. The van der Waals surface area contributed by atoms with Crippen LogP contribution < -0.4 is 14.8 Å². The lowest BCUT2D eigenvalue weighted by Gasteiger charge is -2.13. The van der Waals surface area contributed by atoms with Crippen molar-refractivity contribution in [2.75, 3.05) is 33.2 Å². The summed E-state index contributed by atoms with van der Waals surface area (Å²) < 4.78 is 14.9. The third kappa shape index (κ3) is 4.52. The number of rotatable bonds is 7. The van der Waals surface area contributed by atoms with Gasteiger partial charge in [0.05, 0.1) is 32.0 Å². The first kappa shape index (κ1) is 15.4. The number of nitrogens with one attached hydrogen (secondary N) is 1. The molecule has 0 aliphatic heterocycles. The predicted octanol–water partition coefficient (Wildman–Crippen LogP) is 2.72. The van der Waals surface area contributed by atoms with Crippen molar-refractivity contribution in [3.8, 4) is 11.5 Å². The van der Waals surface area contributed by atoms with Gasteiger partial charge < -0.3 is 19.5 Å². The maximum absolute atomic E-state index is 11.0. The Labute approximate surface area is 117 Å². The minimum Gasteiger partial charge on any atom is -0.495 e. The second-order valence-corrected chi connectivity index (χ2v) is 4.20. The van der Waals surface area contributed by atoms with E-state index in [0.29, 0.717) is 35.9 Å². The maximum atomic E-state index is 11.0. The molecular formula is C13H18ClNO4. The number of methoxy groups -OCH3 is 3. The molecule has 0 heterocycles. The normalized spacial score (nSPS) is 9.89. The molecule has 0 bridgehead atoms. The number of halogens is 1. The lowest BCUT2D eigenvalue weighted by Crippen LogP contribution is -2.07.